The maximum atomic E-state index is 15.9. The quantitative estimate of drug-likeness (QED) is 0.135. The molecule has 2 amide bonds. The first-order valence-electron chi connectivity index (χ1n) is 14.2. The van der Waals surface area contributed by atoms with E-state index in [2.05, 4.69) is 5.32 Å². The van der Waals surface area contributed by atoms with Crippen LogP contribution in [-0.4, -0.2) is 124 Å². The van der Waals surface area contributed by atoms with Crippen molar-refractivity contribution in [2.45, 2.75) is 24.1 Å². The number of carboxylic acids is 3. The number of hydrogen-bond donors (Lipinski definition) is 3. The number of rotatable bonds is 9. The molecule has 4 heterocycles. The minimum Gasteiger partial charge on any atom is -0.542 e. The zero-order chi connectivity index (χ0) is 36.6. The van der Waals surface area contributed by atoms with Crippen LogP contribution >= 0.6 is 11.8 Å². The highest BCUT2D eigenvalue weighted by Crippen LogP contribution is 2.41. The van der Waals surface area contributed by atoms with Gasteiger partial charge in [-0.05, 0) is 6.07 Å². The summed E-state index contributed by atoms with van der Waals surface area (Å²) in [6.45, 7) is -0.167. The van der Waals surface area contributed by atoms with Crippen LogP contribution in [0.5, 0.6) is 0 Å². The third kappa shape index (κ3) is 7.16. The Hall–Kier alpha value is -4.79. The molecule has 266 valence electrons. The van der Waals surface area contributed by atoms with E-state index in [1.807, 2.05) is 7.05 Å². The van der Waals surface area contributed by atoms with Gasteiger partial charge in [0.05, 0.1) is 50.7 Å². The number of aliphatic carboxylic acids is 2. The minimum absolute atomic E-state index is 0.118. The summed E-state index contributed by atoms with van der Waals surface area (Å²) >= 11 is 1.34. The molecule has 14 nitrogen and oxygen atoms in total. The van der Waals surface area contributed by atoms with Gasteiger partial charge in [-0.3, -0.25) is 19.3 Å². The SMILES string of the molecule is C[N+]1(CC2=C(C(=O)O)N3C(=O)C(NC=O)C3SC2)CCN(c2c(F)cc3c(=O)c(C(=O)O)cn(CCF)c3c2F)CC1.O=C([O-])C(F)(F)F. The van der Waals surface area contributed by atoms with E-state index >= 15 is 8.78 Å². The van der Waals surface area contributed by atoms with Crippen LogP contribution in [0.1, 0.15) is 10.4 Å². The molecular formula is C28H27F6N5O9S. The van der Waals surface area contributed by atoms with Crippen molar-refractivity contribution in [1.82, 2.24) is 14.8 Å². The number of carbonyl (C=O) groups excluding carboxylic acids is 3. The molecule has 0 spiro atoms. The summed E-state index contributed by atoms with van der Waals surface area (Å²) in [5, 5.41) is 29.4. The van der Waals surface area contributed by atoms with Crippen LogP contribution in [0.25, 0.3) is 10.9 Å². The Balaban J connectivity index is 0.000000698. The first-order chi connectivity index (χ1) is 22.9. The van der Waals surface area contributed by atoms with Crippen molar-refractivity contribution in [2.75, 3.05) is 57.1 Å². The van der Waals surface area contributed by atoms with Gasteiger partial charge in [-0.15, -0.1) is 11.8 Å². The van der Waals surface area contributed by atoms with Gasteiger partial charge in [-0.2, -0.15) is 13.2 Å². The van der Waals surface area contributed by atoms with Crippen LogP contribution in [0.2, 0.25) is 0 Å². The molecule has 0 bridgehead atoms. The summed E-state index contributed by atoms with van der Waals surface area (Å²) in [4.78, 5) is 71.1. The molecular weight excluding hydrogens is 696 g/mol. The highest BCUT2D eigenvalue weighted by atomic mass is 32.2. The number of carboxylic acid groups (broad SMARTS) is 3. The largest absolute Gasteiger partial charge is 0.542 e. The predicted molar refractivity (Wildman–Crippen MR) is 156 cm³/mol. The molecule has 2 atom stereocenters. The number of pyridine rings is 1. The maximum Gasteiger partial charge on any atom is 0.430 e. The number of alkyl halides is 4. The Morgan fingerprint density at radius 1 is 1.14 bits per heavy atom. The van der Waals surface area contributed by atoms with Crippen molar-refractivity contribution < 1.29 is 70.1 Å². The van der Waals surface area contributed by atoms with Gasteiger partial charge < -0.3 is 39.4 Å². The average molecular weight is 724 g/mol. The molecule has 3 aliphatic heterocycles. The first-order valence-corrected chi connectivity index (χ1v) is 15.2. The van der Waals surface area contributed by atoms with Crippen LogP contribution in [0, 0.1) is 11.6 Å². The summed E-state index contributed by atoms with van der Waals surface area (Å²) < 4.78 is 77.3. The van der Waals surface area contributed by atoms with Crippen molar-refractivity contribution in [3.63, 3.8) is 0 Å². The number of thioether (sulfide) groups is 1. The Morgan fingerprint density at radius 2 is 1.76 bits per heavy atom. The number of aromatic carboxylic acids is 1. The number of piperazine rings is 1. The lowest BCUT2D eigenvalue weighted by atomic mass is 10.0. The molecule has 1 aromatic heterocycles. The fourth-order valence-corrected chi connectivity index (χ4v) is 7.22. The number of benzene rings is 1. The lowest BCUT2D eigenvalue weighted by molar-refractivity contribution is -0.905. The fraction of sp³-hybridized carbons (Fsp3) is 0.429. The van der Waals surface area contributed by atoms with Crippen LogP contribution < -0.4 is 20.8 Å². The topological polar surface area (TPSA) is 189 Å². The smallest absolute Gasteiger partial charge is 0.430 e. The summed E-state index contributed by atoms with van der Waals surface area (Å²) in [6.07, 6.45) is -3.94. The number of amides is 2. The second-order valence-corrected chi connectivity index (χ2v) is 12.5. The van der Waals surface area contributed by atoms with Gasteiger partial charge in [-0.25, -0.2) is 22.8 Å². The van der Waals surface area contributed by atoms with Gasteiger partial charge in [0.1, 0.15) is 53.4 Å². The molecule has 3 aliphatic rings. The van der Waals surface area contributed by atoms with Crippen molar-refractivity contribution in [3.8, 4) is 0 Å². The van der Waals surface area contributed by atoms with Gasteiger partial charge in [0, 0.05) is 17.5 Å². The maximum absolute atomic E-state index is 15.9. The van der Waals surface area contributed by atoms with Crippen LogP contribution in [0.4, 0.5) is 32.0 Å². The molecule has 49 heavy (non-hydrogen) atoms. The van der Waals surface area contributed by atoms with E-state index < -0.39 is 93.8 Å². The number of nitrogens with zero attached hydrogens (tertiary/aromatic N) is 4. The molecule has 0 aliphatic carbocycles. The number of hydrogen-bond acceptors (Lipinski definition) is 9. The van der Waals surface area contributed by atoms with E-state index in [0.29, 0.717) is 35.3 Å². The number of fused-ring (bicyclic) bond motifs is 2. The van der Waals surface area contributed by atoms with Crippen molar-refractivity contribution >= 4 is 58.6 Å². The van der Waals surface area contributed by atoms with Gasteiger partial charge in [0.2, 0.25) is 11.8 Å². The molecule has 0 radical (unpaired) electrons. The van der Waals surface area contributed by atoms with Gasteiger partial charge in [-0.1, -0.05) is 0 Å². The lowest BCUT2D eigenvalue weighted by Gasteiger charge is -2.50. The summed E-state index contributed by atoms with van der Waals surface area (Å²) in [5.41, 5.74) is -2.22. The third-order valence-corrected chi connectivity index (χ3v) is 9.56. The zero-order valence-corrected chi connectivity index (χ0v) is 26.1. The molecule has 2 unspecified atom stereocenters. The average Bonchev–Trinajstić information content (AvgIpc) is 3.01. The number of halogens is 6. The van der Waals surface area contributed by atoms with Gasteiger partial charge in [0.25, 0.3) is 5.91 Å². The number of likely N-dealkylation sites (N-methyl/N-ethyl adjacent to an activating group) is 1. The standard InChI is InChI=1S/C26H26F3N5O7S.C2HF3O2/c1-34(10-13-11-42-24-18(30-12-35)23(37)33(24)19(13)26(40)41)6-4-31(5-7-34)21-16(28)8-14-20(17(21)29)32(3-2-27)9-15(22(14)36)25(38)39;3-2(4,5)1(6)7/h8-9,12,18,24H,2-7,10-11H2,1H3,(H2-,30,35,38,39,40,41);(H,6,7). The molecule has 21 heteroatoms. The van der Waals surface area contributed by atoms with E-state index in [0.717, 1.165) is 16.8 Å². The molecule has 2 saturated heterocycles. The van der Waals surface area contributed by atoms with E-state index in [9.17, 15) is 51.7 Å². The Labute approximate surface area is 275 Å². The van der Waals surface area contributed by atoms with Crippen LogP contribution in [-0.2, 0) is 25.7 Å². The number of carbonyl (C=O) groups is 5. The normalized spacial score (nSPS) is 20.2. The van der Waals surface area contributed by atoms with Crippen molar-refractivity contribution in [2.24, 2.45) is 0 Å². The predicted octanol–water partition coefficient (Wildman–Crippen LogP) is -0.119. The number of β-lactam (4-membered cyclic amide) rings is 1. The number of nitrogens with one attached hydrogen (secondary N) is 1. The van der Waals surface area contributed by atoms with E-state index in [1.165, 1.54) is 21.6 Å². The lowest BCUT2D eigenvalue weighted by Crippen LogP contribution is -2.70. The highest BCUT2D eigenvalue weighted by molar-refractivity contribution is 8.00. The molecule has 0 saturated carbocycles. The van der Waals surface area contributed by atoms with E-state index in [-0.39, 0.29) is 25.3 Å². The summed E-state index contributed by atoms with van der Waals surface area (Å²) in [7, 11) is 1.87. The molecule has 1 aromatic carbocycles. The van der Waals surface area contributed by atoms with Crippen molar-refractivity contribution in [3.05, 3.63) is 51.0 Å². The van der Waals surface area contributed by atoms with Gasteiger partial charge >= 0.3 is 18.1 Å². The third-order valence-electron chi connectivity index (χ3n) is 8.22. The van der Waals surface area contributed by atoms with Crippen molar-refractivity contribution in [1.29, 1.82) is 0 Å². The van der Waals surface area contributed by atoms with E-state index in [4.69, 9.17) is 9.90 Å². The second kappa shape index (κ2) is 14.0. The monoisotopic (exact) mass is 723 g/mol. The zero-order valence-electron chi connectivity index (χ0n) is 25.3. The number of anilines is 1. The molecule has 5 rings (SSSR count). The Bertz CT molecular complexity index is 1810. The number of aromatic nitrogens is 1. The second-order valence-electron chi connectivity index (χ2n) is 11.4. The van der Waals surface area contributed by atoms with Gasteiger partial charge in [0.15, 0.2) is 5.82 Å². The van der Waals surface area contributed by atoms with Crippen LogP contribution in [0.3, 0.4) is 0 Å². The number of quaternary nitrogens is 1. The Morgan fingerprint density at radius 3 is 2.27 bits per heavy atom. The molecule has 2 aromatic rings. The minimum atomic E-state index is -5.19. The highest BCUT2D eigenvalue weighted by Gasteiger charge is 2.54. The first kappa shape index (κ1) is 37.0. The molecule has 3 N–H and O–H groups in total. The number of aryl methyl sites for hydroxylation is 1. The van der Waals surface area contributed by atoms with E-state index in [1.54, 1.807) is 0 Å². The molecule has 2 fully saturated rings. The Kier molecular flexibility index (Phi) is 10.6. The fourth-order valence-electron chi connectivity index (χ4n) is 5.88. The van der Waals surface area contributed by atoms with Crippen LogP contribution in [0.15, 0.2) is 28.3 Å². The summed E-state index contributed by atoms with van der Waals surface area (Å²) in [5.74, 6) is -8.23. The summed E-state index contributed by atoms with van der Waals surface area (Å²) in [6, 6.07) is -0.0171.